The molecule has 0 aromatic heterocycles. The Balaban J connectivity index is 1.50. The van der Waals surface area contributed by atoms with Crippen molar-refractivity contribution in [2.75, 3.05) is 13.1 Å². The lowest BCUT2D eigenvalue weighted by Gasteiger charge is -2.32. The van der Waals surface area contributed by atoms with Crippen molar-refractivity contribution in [2.24, 2.45) is 5.73 Å². The Labute approximate surface area is 219 Å². The molecule has 2 heterocycles. The van der Waals surface area contributed by atoms with E-state index in [9.17, 15) is 19.5 Å². The highest BCUT2D eigenvalue weighted by molar-refractivity contribution is 5.91. The van der Waals surface area contributed by atoms with Crippen molar-refractivity contribution in [1.82, 2.24) is 9.80 Å². The summed E-state index contributed by atoms with van der Waals surface area (Å²) in [5, 5.41) is 9.36. The number of aryl methyl sites for hydroxylation is 3. The molecule has 0 spiro atoms. The quantitative estimate of drug-likeness (QED) is 0.485. The first-order chi connectivity index (χ1) is 17.8. The summed E-state index contributed by atoms with van der Waals surface area (Å²) in [6, 6.07) is 17.4. The second kappa shape index (κ2) is 12.5. The van der Waals surface area contributed by atoms with Crippen LogP contribution in [0.5, 0.6) is 0 Å². The number of fused-ring (bicyclic) bond motifs is 1. The Kier molecular flexibility index (Phi) is 9.11. The molecule has 1 amide bonds. The topological polar surface area (TPSA) is 104 Å². The number of carboxylic acid groups (broad SMARTS) is 1. The van der Waals surface area contributed by atoms with Gasteiger partial charge in [-0.1, -0.05) is 60.2 Å². The fraction of sp³-hybridized carbons (Fsp3) is 0.500. The molecule has 1 unspecified atom stereocenters. The minimum absolute atomic E-state index is 0.0632. The highest BCUT2D eigenvalue weighted by atomic mass is 16.4. The van der Waals surface area contributed by atoms with Crippen molar-refractivity contribution in [2.45, 2.75) is 82.5 Å². The number of ketones is 1. The number of aliphatic carboxylic acids is 1. The summed E-state index contributed by atoms with van der Waals surface area (Å²) < 4.78 is 0. The SMILES string of the molecule is Cc1ccc(CCC(=O)[C@@H](CCC(=O)O)N2CCC(CCc3ccccc3)N3C[C@H](N)C[C@H]3C2=O)cc1. The van der Waals surface area contributed by atoms with Gasteiger partial charge >= 0.3 is 5.97 Å². The lowest BCUT2D eigenvalue weighted by Crippen LogP contribution is -2.50. The van der Waals surface area contributed by atoms with Gasteiger partial charge in [0.1, 0.15) is 0 Å². The molecule has 37 heavy (non-hydrogen) atoms. The smallest absolute Gasteiger partial charge is 0.303 e. The third-order valence-electron chi connectivity index (χ3n) is 7.88. The zero-order chi connectivity index (χ0) is 26.4. The van der Waals surface area contributed by atoms with E-state index >= 15 is 0 Å². The van der Waals surface area contributed by atoms with Gasteiger partial charge in [0.25, 0.3) is 0 Å². The van der Waals surface area contributed by atoms with Gasteiger partial charge in [0.15, 0.2) is 5.78 Å². The first-order valence-corrected chi connectivity index (χ1v) is 13.5. The standard InChI is InChI=1S/C30H39N3O4/c1-21-7-9-23(10-8-21)12-15-28(34)26(14-16-29(35)36)32-18-17-25(13-11-22-5-3-2-4-6-22)33-20-24(31)19-27(33)30(32)37/h2-10,24-27H,11-20,31H2,1H3,(H,35,36)/t24-,25?,26-,27+/m1/s1. The van der Waals surface area contributed by atoms with Crippen LogP contribution < -0.4 is 5.73 Å². The van der Waals surface area contributed by atoms with E-state index in [1.54, 1.807) is 4.90 Å². The first-order valence-electron chi connectivity index (χ1n) is 13.5. The first kappa shape index (κ1) is 27.0. The predicted octanol–water partition coefficient (Wildman–Crippen LogP) is 3.37. The second-order valence-corrected chi connectivity index (χ2v) is 10.6. The molecule has 198 valence electrons. The molecule has 2 aliphatic heterocycles. The van der Waals surface area contributed by atoms with Crippen LogP contribution in [0.25, 0.3) is 0 Å². The average Bonchev–Trinajstić information content (AvgIpc) is 3.23. The summed E-state index contributed by atoms with van der Waals surface area (Å²) in [5.74, 6) is -1.09. The summed E-state index contributed by atoms with van der Waals surface area (Å²) in [6.07, 6.45) is 3.99. The number of nitrogens with two attached hydrogens (primary N) is 1. The van der Waals surface area contributed by atoms with Gasteiger partial charge in [0.05, 0.1) is 12.1 Å². The second-order valence-electron chi connectivity index (χ2n) is 10.6. The van der Waals surface area contributed by atoms with E-state index in [0.717, 1.165) is 30.4 Å². The van der Waals surface area contributed by atoms with Crippen molar-refractivity contribution in [3.63, 3.8) is 0 Å². The average molecular weight is 506 g/mol. The Morgan fingerprint density at radius 1 is 1.03 bits per heavy atom. The summed E-state index contributed by atoms with van der Waals surface area (Å²) in [4.78, 5) is 42.7. The number of benzene rings is 2. The van der Waals surface area contributed by atoms with Gasteiger partial charge in [-0.2, -0.15) is 0 Å². The molecule has 3 N–H and O–H groups in total. The Morgan fingerprint density at radius 2 is 1.73 bits per heavy atom. The zero-order valence-corrected chi connectivity index (χ0v) is 21.7. The molecule has 0 aliphatic carbocycles. The lowest BCUT2D eigenvalue weighted by molar-refractivity contribution is -0.144. The number of amides is 1. The molecule has 2 fully saturated rings. The number of hydrogen-bond acceptors (Lipinski definition) is 5. The van der Waals surface area contributed by atoms with Crippen molar-refractivity contribution < 1.29 is 19.5 Å². The molecule has 2 saturated heterocycles. The number of rotatable bonds is 11. The summed E-state index contributed by atoms with van der Waals surface area (Å²) in [7, 11) is 0. The van der Waals surface area contributed by atoms with Gasteiger partial charge in [-0.15, -0.1) is 0 Å². The van der Waals surface area contributed by atoms with E-state index in [2.05, 4.69) is 17.0 Å². The molecule has 2 aliphatic rings. The van der Waals surface area contributed by atoms with Crippen molar-refractivity contribution in [1.29, 1.82) is 0 Å². The number of nitrogens with zero attached hydrogens (tertiary/aromatic N) is 2. The molecule has 4 atom stereocenters. The van der Waals surface area contributed by atoms with Gasteiger partial charge in [0.2, 0.25) is 5.91 Å². The molecule has 2 aromatic carbocycles. The normalized spacial score (nSPS) is 22.9. The number of carbonyl (C=O) groups excluding carboxylic acids is 2. The molecular weight excluding hydrogens is 466 g/mol. The largest absolute Gasteiger partial charge is 0.481 e. The molecular formula is C30H39N3O4. The molecule has 0 bridgehead atoms. The van der Waals surface area contributed by atoms with Gasteiger partial charge in [-0.05, 0) is 56.6 Å². The van der Waals surface area contributed by atoms with E-state index in [4.69, 9.17) is 5.73 Å². The maximum absolute atomic E-state index is 13.8. The van der Waals surface area contributed by atoms with Gasteiger partial charge in [0, 0.05) is 38.0 Å². The summed E-state index contributed by atoms with van der Waals surface area (Å²) in [5.41, 5.74) is 9.81. The van der Waals surface area contributed by atoms with Gasteiger partial charge < -0.3 is 15.7 Å². The minimum atomic E-state index is -0.955. The summed E-state index contributed by atoms with van der Waals surface area (Å²) in [6.45, 7) is 3.15. The fourth-order valence-corrected chi connectivity index (χ4v) is 5.83. The van der Waals surface area contributed by atoms with E-state index in [1.807, 2.05) is 49.4 Å². The molecule has 4 rings (SSSR count). The maximum Gasteiger partial charge on any atom is 0.303 e. The number of hydrogen-bond donors (Lipinski definition) is 2. The highest BCUT2D eigenvalue weighted by Gasteiger charge is 2.45. The highest BCUT2D eigenvalue weighted by Crippen LogP contribution is 2.30. The zero-order valence-electron chi connectivity index (χ0n) is 21.7. The molecule has 7 nitrogen and oxygen atoms in total. The Hall–Kier alpha value is -3.03. The third kappa shape index (κ3) is 7.05. The Bertz CT molecular complexity index is 1070. The van der Waals surface area contributed by atoms with Crippen LogP contribution in [-0.4, -0.2) is 69.8 Å². The number of carbonyl (C=O) groups is 3. The molecule has 0 saturated carbocycles. The van der Waals surface area contributed by atoms with Crippen molar-refractivity contribution >= 4 is 17.7 Å². The van der Waals surface area contributed by atoms with Crippen LogP contribution in [0.2, 0.25) is 0 Å². The predicted molar refractivity (Wildman–Crippen MR) is 143 cm³/mol. The Morgan fingerprint density at radius 3 is 2.43 bits per heavy atom. The van der Waals surface area contributed by atoms with Crippen LogP contribution in [0.4, 0.5) is 0 Å². The van der Waals surface area contributed by atoms with E-state index < -0.39 is 12.0 Å². The van der Waals surface area contributed by atoms with E-state index in [0.29, 0.717) is 25.9 Å². The van der Waals surface area contributed by atoms with Gasteiger partial charge in [-0.25, -0.2) is 0 Å². The number of carboxylic acids is 1. The van der Waals surface area contributed by atoms with E-state index in [-0.39, 0.29) is 49.1 Å². The third-order valence-corrected chi connectivity index (χ3v) is 7.88. The van der Waals surface area contributed by atoms with Crippen LogP contribution in [0, 0.1) is 6.92 Å². The molecule has 7 heteroatoms. The number of Topliss-reactive ketones (excluding diaryl/α,β-unsaturated/α-hetero) is 1. The van der Waals surface area contributed by atoms with Crippen LogP contribution >= 0.6 is 0 Å². The minimum Gasteiger partial charge on any atom is -0.481 e. The van der Waals surface area contributed by atoms with Crippen LogP contribution in [0.15, 0.2) is 54.6 Å². The lowest BCUT2D eigenvalue weighted by atomic mass is 9.97. The van der Waals surface area contributed by atoms with Crippen molar-refractivity contribution in [3.05, 3.63) is 71.3 Å². The van der Waals surface area contributed by atoms with Crippen LogP contribution in [-0.2, 0) is 27.2 Å². The molecule has 2 aromatic rings. The van der Waals surface area contributed by atoms with E-state index in [1.165, 1.54) is 5.56 Å². The van der Waals surface area contributed by atoms with Crippen LogP contribution in [0.3, 0.4) is 0 Å². The van der Waals surface area contributed by atoms with Crippen LogP contribution in [0.1, 0.15) is 55.2 Å². The maximum atomic E-state index is 13.8. The molecule has 0 radical (unpaired) electrons. The summed E-state index contributed by atoms with van der Waals surface area (Å²) >= 11 is 0. The van der Waals surface area contributed by atoms with Gasteiger partial charge in [-0.3, -0.25) is 19.3 Å². The monoisotopic (exact) mass is 505 g/mol. The fourth-order valence-electron chi connectivity index (χ4n) is 5.83. The van der Waals surface area contributed by atoms with Crippen molar-refractivity contribution in [3.8, 4) is 0 Å².